The van der Waals surface area contributed by atoms with Gasteiger partial charge in [0.25, 0.3) is 5.91 Å². The molecule has 0 radical (unpaired) electrons. The van der Waals surface area contributed by atoms with E-state index in [1.807, 2.05) is 0 Å². The highest BCUT2D eigenvalue weighted by Gasteiger charge is 2.16. The van der Waals surface area contributed by atoms with Crippen molar-refractivity contribution in [2.75, 3.05) is 6.54 Å². The maximum Gasteiger partial charge on any atom is 0.305 e. The summed E-state index contributed by atoms with van der Waals surface area (Å²) in [6.07, 6.45) is -0.151. The molecule has 0 fully saturated rings. The van der Waals surface area contributed by atoms with Gasteiger partial charge >= 0.3 is 5.97 Å². The predicted molar refractivity (Wildman–Crippen MR) is 67.6 cm³/mol. The van der Waals surface area contributed by atoms with Gasteiger partial charge in [0.05, 0.1) is 12.0 Å². The lowest BCUT2D eigenvalue weighted by Crippen LogP contribution is -2.26. The van der Waals surface area contributed by atoms with Crippen LogP contribution in [0, 0.1) is 12.7 Å². The Labute approximate surface area is 108 Å². The molecule has 100 valence electrons. The van der Waals surface area contributed by atoms with Gasteiger partial charge in [0.1, 0.15) is 5.82 Å². The Morgan fingerprint density at radius 3 is 2.84 bits per heavy atom. The highest BCUT2D eigenvalue weighted by Crippen LogP contribution is 2.22. The quantitative estimate of drug-likeness (QED) is 0.787. The van der Waals surface area contributed by atoms with Gasteiger partial charge in [0, 0.05) is 23.1 Å². The molecule has 19 heavy (non-hydrogen) atoms. The number of carboxylic acids is 1. The van der Waals surface area contributed by atoms with Crippen LogP contribution < -0.4 is 5.32 Å². The average molecular weight is 264 g/mol. The Morgan fingerprint density at radius 2 is 2.16 bits per heavy atom. The number of aryl methyl sites for hydroxylation is 1. The molecule has 5 nitrogen and oxygen atoms in total. The molecule has 0 saturated heterocycles. The zero-order valence-electron chi connectivity index (χ0n) is 10.3. The minimum absolute atomic E-state index is 0.0373. The SMILES string of the molecule is Cc1[nH]c2ccc(F)cc2c1C(=O)NCCC(=O)O. The van der Waals surface area contributed by atoms with Crippen LogP contribution in [0.25, 0.3) is 10.9 Å². The molecular formula is C13H13FN2O3. The van der Waals surface area contributed by atoms with Crippen LogP contribution in [0.4, 0.5) is 4.39 Å². The molecule has 6 heteroatoms. The molecule has 0 aliphatic carbocycles. The van der Waals surface area contributed by atoms with E-state index in [9.17, 15) is 14.0 Å². The summed E-state index contributed by atoms with van der Waals surface area (Å²) in [6.45, 7) is 1.75. The number of aliphatic carboxylic acids is 1. The van der Waals surface area contributed by atoms with Crippen molar-refractivity contribution in [3.05, 3.63) is 35.3 Å². The molecule has 2 rings (SSSR count). The smallest absolute Gasteiger partial charge is 0.305 e. The minimum atomic E-state index is -0.984. The van der Waals surface area contributed by atoms with Crippen molar-refractivity contribution in [1.29, 1.82) is 0 Å². The Hall–Kier alpha value is -2.37. The molecule has 0 bridgehead atoms. The van der Waals surface area contributed by atoms with Crippen molar-refractivity contribution in [2.24, 2.45) is 0 Å². The number of halogens is 1. The maximum absolute atomic E-state index is 13.2. The summed E-state index contributed by atoms with van der Waals surface area (Å²) < 4.78 is 13.2. The third kappa shape index (κ3) is 2.73. The highest BCUT2D eigenvalue weighted by molar-refractivity contribution is 6.08. The minimum Gasteiger partial charge on any atom is -0.481 e. The molecule has 0 atom stereocenters. The van der Waals surface area contributed by atoms with Crippen LogP contribution in [0.5, 0.6) is 0 Å². The average Bonchev–Trinajstić information content (AvgIpc) is 2.63. The second-order valence-electron chi connectivity index (χ2n) is 4.21. The van der Waals surface area contributed by atoms with Gasteiger partial charge in [0.15, 0.2) is 0 Å². The zero-order chi connectivity index (χ0) is 14.0. The van der Waals surface area contributed by atoms with Crippen LogP contribution in [-0.4, -0.2) is 28.5 Å². The molecule has 1 aromatic heterocycles. The van der Waals surface area contributed by atoms with Crippen LogP contribution in [0.1, 0.15) is 22.5 Å². The number of amides is 1. The number of H-pyrrole nitrogens is 1. The summed E-state index contributed by atoms with van der Waals surface area (Å²) in [7, 11) is 0. The first-order valence-corrected chi connectivity index (χ1v) is 5.77. The van der Waals surface area contributed by atoms with E-state index in [0.717, 1.165) is 0 Å². The summed E-state index contributed by atoms with van der Waals surface area (Å²) in [4.78, 5) is 25.4. The van der Waals surface area contributed by atoms with Gasteiger partial charge < -0.3 is 15.4 Å². The summed E-state index contributed by atoms with van der Waals surface area (Å²) in [5, 5.41) is 11.5. The van der Waals surface area contributed by atoms with Crippen molar-refractivity contribution in [1.82, 2.24) is 10.3 Å². The second-order valence-corrected chi connectivity index (χ2v) is 4.21. The molecule has 0 saturated carbocycles. The lowest BCUT2D eigenvalue weighted by molar-refractivity contribution is -0.136. The second kappa shape index (κ2) is 5.09. The van der Waals surface area contributed by atoms with E-state index in [1.165, 1.54) is 12.1 Å². The normalized spacial score (nSPS) is 10.6. The molecule has 0 spiro atoms. The van der Waals surface area contributed by atoms with Crippen LogP contribution in [0.2, 0.25) is 0 Å². The van der Waals surface area contributed by atoms with Crippen molar-refractivity contribution in [3.63, 3.8) is 0 Å². The first-order valence-electron chi connectivity index (χ1n) is 5.77. The highest BCUT2D eigenvalue weighted by atomic mass is 19.1. The van der Waals surface area contributed by atoms with E-state index >= 15 is 0 Å². The lowest BCUT2D eigenvalue weighted by atomic mass is 10.1. The molecular weight excluding hydrogens is 251 g/mol. The number of fused-ring (bicyclic) bond motifs is 1. The molecule has 1 aromatic carbocycles. The number of rotatable bonds is 4. The molecule has 2 aromatic rings. The van der Waals surface area contributed by atoms with Gasteiger partial charge in [-0.1, -0.05) is 0 Å². The van der Waals surface area contributed by atoms with E-state index in [2.05, 4.69) is 10.3 Å². The molecule has 0 aliphatic heterocycles. The van der Waals surface area contributed by atoms with E-state index in [1.54, 1.807) is 13.0 Å². The van der Waals surface area contributed by atoms with Gasteiger partial charge in [-0.15, -0.1) is 0 Å². The Morgan fingerprint density at radius 1 is 1.42 bits per heavy atom. The number of hydrogen-bond donors (Lipinski definition) is 3. The topological polar surface area (TPSA) is 82.2 Å². The van der Waals surface area contributed by atoms with Crippen LogP contribution in [0.15, 0.2) is 18.2 Å². The molecule has 0 aliphatic rings. The number of carbonyl (C=O) groups is 2. The number of nitrogens with one attached hydrogen (secondary N) is 2. The van der Waals surface area contributed by atoms with Crippen molar-refractivity contribution >= 4 is 22.8 Å². The number of carbonyl (C=O) groups excluding carboxylic acids is 1. The number of carboxylic acid groups (broad SMARTS) is 1. The van der Waals surface area contributed by atoms with Crippen LogP contribution >= 0.6 is 0 Å². The monoisotopic (exact) mass is 264 g/mol. The Bertz CT molecular complexity index is 649. The molecule has 1 heterocycles. The van der Waals surface area contributed by atoms with Gasteiger partial charge in [-0.2, -0.15) is 0 Å². The van der Waals surface area contributed by atoms with E-state index < -0.39 is 17.7 Å². The number of benzene rings is 1. The number of aromatic nitrogens is 1. The Balaban J connectivity index is 2.28. The van der Waals surface area contributed by atoms with Gasteiger partial charge in [-0.25, -0.2) is 4.39 Å². The fourth-order valence-corrected chi connectivity index (χ4v) is 1.96. The van der Waals surface area contributed by atoms with Gasteiger partial charge in [-0.05, 0) is 25.1 Å². The van der Waals surface area contributed by atoms with E-state index in [4.69, 9.17) is 5.11 Å². The molecule has 3 N–H and O–H groups in total. The number of aromatic amines is 1. The summed E-state index contributed by atoms with van der Waals surface area (Å²) in [5.41, 5.74) is 1.63. The van der Waals surface area contributed by atoms with E-state index in [0.29, 0.717) is 22.2 Å². The Kier molecular flexibility index (Phi) is 3.50. The van der Waals surface area contributed by atoms with Crippen molar-refractivity contribution < 1.29 is 19.1 Å². The standard InChI is InChI=1S/C13H13FN2O3/c1-7-12(13(19)15-5-4-11(17)18)9-6-8(14)2-3-10(9)16-7/h2-3,6,16H,4-5H2,1H3,(H,15,19)(H,17,18). The molecule has 0 unspecified atom stereocenters. The summed E-state index contributed by atoms with van der Waals surface area (Å²) in [5.74, 6) is -1.82. The van der Waals surface area contributed by atoms with Crippen molar-refractivity contribution in [3.8, 4) is 0 Å². The third-order valence-electron chi connectivity index (χ3n) is 2.80. The van der Waals surface area contributed by atoms with Gasteiger partial charge in [-0.3, -0.25) is 9.59 Å². The van der Waals surface area contributed by atoms with E-state index in [-0.39, 0.29) is 13.0 Å². The predicted octanol–water partition coefficient (Wildman–Crippen LogP) is 1.82. The summed E-state index contributed by atoms with van der Waals surface area (Å²) >= 11 is 0. The van der Waals surface area contributed by atoms with Gasteiger partial charge in [0.2, 0.25) is 0 Å². The number of hydrogen-bond acceptors (Lipinski definition) is 2. The lowest BCUT2D eigenvalue weighted by Gasteiger charge is -2.03. The first kappa shape index (κ1) is 13.1. The third-order valence-corrected chi connectivity index (χ3v) is 2.80. The van der Waals surface area contributed by atoms with Crippen LogP contribution in [0.3, 0.4) is 0 Å². The fraction of sp³-hybridized carbons (Fsp3) is 0.231. The van der Waals surface area contributed by atoms with Crippen molar-refractivity contribution in [2.45, 2.75) is 13.3 Å². The zero-order valence-corrected chi connectivity index (χ0v) is 10.3. The summed E-state index contributed by atoms with van der Waals surface area (Å²) in [6, 6.07) is 4.15. The molecule has 1 amide bonds. The first-order chi connectivity index (χ1) is 8.99. The fourth-order valence-electron chi connectivity index (χ4n) is 1.96. The maximum atomic E-state index is 13.2. The largest absolute Gasteiger partial charge is 0.481 e. The van der Waals surface area contributed by atoms with Crippen LogP contribution in [-0.2, 0) is 4.79 Å².